The van der Waals surface area contributed by atoms with E-state index in [1.165, 1.54) is 19.2 Å². The fraction of sp³-hybridized carbons (Fsp3) is 0.333. The number of amides is 1. The first-order chi connectivity index (χ1) is 15.6. The Hall–Kier alpha value is -3.33. The monoisotopic (exact) mass is 461 g/mol. The maximum Gasteiger partial charge on any atom is 0.416 e. The standard InChI is InChI=1S/C24H26F3N3O3/c1-29(2)22-18(13-17-7-10-20(33-4)14-21(17)28-22)15-30(11-12-32-3)23(31)16-5-8-19(9-6-16)24(25,26)27/h5-10,13-14H,11-12,15H2,1-4H3. The van der Waals surface area contributed by atoms with Crippen molar-refractivity contribution in [1.82, 2.24) is 9.88 Å². The molecule has 0 unspecified atom stereocenters. The third-order valence-electron chi connectivity index (χ3n) is 5.18. The van der Waals surface area contributed by atoms with Crippen molar-refractivity contribution in [3.8, 4) is 5.75 Å². The normalized spacial score (nSPS) is 11.5. The Morgan fingerprint density at radius 1 is 1.03 bits per heavy atom. The number of carbonyl (C=O) groups excluding carboxylic acids is 1. The molecule has 0 aliphatic carbocycles. The molecule has 0 aliphatic rings. The predicted octanol–water partition coefficient (Wildman–Crippen LogP) is 4.62. The van der Waals surface area contributed by atoms with Crippen molar-refractivity contribution in [2.45, 2.75) is 12.7 Å². The number of ether oxygens (including phenoxy) is 2. The molecule has 0 N–H and O–H groups in total. The third-order valence-corrected chi connectivity index (χ3v) is 5.18. The summed E-state index contributed by atoms with van der Waals surface area (Å²) >= 11 is 0. The van der Waals surface area contributed by atoms with Crippen molar-refractivity contribution in [3.63, 3.8) is 0 Å². The number of rotatable bonds is 8. The molecule has 0 atom stereocenters. The molecule has 3 aromatic rings. The van der Waals surface area contributed by atoms with Gasteiger partial charge in [-0.15, -0.1) is 0 Å². The van der Waals surface area contributed by atoms with E-state index in [0.717, 1.165) is 28.6 Å². The smallest absolute Gasteiger partial charge is 0.416 e. The Morgan fingerprint density at radius 2 is 1.73 bits per heavy atom. The zero-order valence-electron chi connectivity index (χ0n) is 18.9. The lowest BCUT2D eigenvalue weighted by Gasteiger charge is -2.25. The number of benzene rings is 2. The van der Waals surface area contributed by atoms with Gasteiger partial charge in [0.25, 0.3) is 5.91 Å². The summed E-state index contributed by atoms with van der Waals surface area (Å²) in [5.74, 6) is 0.977. The third kappa shape index (κ3) is 5.73. The van der Waals surface area contributed by atoms with Crippen molar-refractivity contribution in [1.29, 1.82) is 0 Å². The largest absolute Gasteiger partial charge is 0.497 e. The lowest BCUT2D eigenvalue weighted by atomic mass is 10.1. The molecular formula is C24H26F3N3O3. The summed E-state index contributed by atoms with van der Waals surface area (Å²) in [6.45, 7) is 0.761. The minimum atomic E-state index is -4.46. The summed E-state index contributed by atoms with van der Waals surface area (Å²) in [7, 11) is 6.82. The topological polar surface area (TPSA) is 54.9 Å². The van der Waals surface area contributed by atoms with Crippen molar-refractivity contribution in [2.75, 3.05) is 46.4 Å². The number of alkyl halides is 3. The number of hydrogen-bond acceptors (Lipinski definition) is 5. The number of halogens is 3. The minimum Gasteiger partial charge on any atom is -0.497 e. The summed E-state index contributed by atoms with van der Waals surface area (Å²) < 4.78 is 49.1. The predicted molar refractivity (Wildman–Crippen MR) is 121 cm³/mol. The number of anilines is 1. The molecule has 1 aromatic heterocycles. The van der Waals surface area contributed by atoms with Crippen LogP contribution in [0.25, 0.3) is 10.9 Å². The lowest BCUT2D eigenvalue weighted by Crippen LogP contribution is -2.34. The van der Waals surface area contributed by atoms with Crippen LogP contribution in [0.3, 0.4) is 0 Å². The molecule has 0 fully saturated rings. The van der Waals surface area contributed by atoms with Crippen molar-refractivity contribution < 1.29 is 27.4 Å². The van der Waals surface area contributed by atoms with Crippen LogP contribution in [-0.4, -0.2) is 57.3 Å². The number of pyridine rings is 1. The van der Waals surface area contributed by atoms with Gasteiger partial charge in [0.15, 0.2) is 0 Å². The molecule has 0 saturated carbocycles. The van der Waals surface area contributed by atoms with Gasteiger partial charge in [-0.25, -0.2) is 4.98 Å². The highest BCUT2D eigenvalue weighted by Gasteiger charge is 2.30. The zero-order valence-corrected chi connectivity index (χ0v) is 18.9. The van der Waals surface area contributed by atoms with E-state index in [4.69, 9.17) is 14.5 Å². The quantitative estimate of drug-likeness (QED) is 0.490. The Labute approximate surface area is 190 Å². The minimum absolute atomic E-state index is 0.170. The Morgan fingerprint density at radius 3 is 2.30 bits per heavy atom. The number of carbonyl (C=O) groups is 1. The van der Waals surface area contributed by atoms with Gasteiger partial charge < -0.3 is 19.3 Å². The molecule has 1 heterocycles. The number of hydrogen-bond donors (Lipinski definition) is 0. The second-order valence-corrected chi connectivity index (χ2v) is 7.72. The highest BCUT2D eigenvalue weighted by Crippen LogP contribution is 2.30. The molecule has 6 nitrogen and oxygen atoms in total. The van der Waals surface area contributed by atoms with Crippen LogP contribution in [0.4, 0.5) is 19.0 Å². The summed E-state index contributed by atoms with van der Waals surface area (Å²) in [4.78, 5) is 21.3. The average Bonchev–Trinajstić information content (AvgIpc) is 2.79. The molecule has 0 radical (unpaired) electrons. The van der Waals surface area contributed by atoms with E-state index >= 15 is 0 Å². The molecule has 0 bridgehead atoms. The lowest BCUT2D eigenvalue weighted by molar-refractivity contribution is -0.137. The SMILES string of the molecule is COCCN(Cc1cc2ccc(OC)cc2nc1N(C)C)C(=O)c1ccc(C(F)(F)F)cc1. The van der Waals surface area contributed by atoms with Crippen LogP contribution in [0.15, 0.2) is 48.5 Å². The van der Waals surface area contributed by atoms with Gasteiger partial charge in [0.05, 0.1) is 24.8 Å². The Bertz CT molecular complexity index is 1120. The van der Waals surface area contributed by atoms with Gasteiger partial charge in [0, 0.05) is 56.9 Å². The number of aromatic nitrogens is 1. The maximum atomic E-state index is 13.2. The number of fused-ring (bicyclic) bond motifs is 1. The van der Waals surface area contributed by atoms with Gasteiger partial charge in [-0.3, -0.25) is 4.79 Å². The second kappa shape index (κ2) is 10.1. The van der Waals surface area contributed by atoms with Gasteiger partial charge in [0.1, 0.15) is 11.6 Å². The maximum absolute atomic E-state index is 13.2. The summed E-state index contributed by atoms with van der Waals surface area (Å²) in [6.07, 6.45) is -4.46. The van der Waals surface area contributed by atoms with E-state index < -0.39 is 11.7 Å². The van der Waals surface area contributed by atoms with Gasteiger partial charge >= 0.3 is 6.18 Å². The zero-order chi connectivity index (χ0) is 24.2. The van der Waals surface area contributed by atoms with Gasteiger partial charge in [-0.1, -0.05) is 0 Å². The second-order valence-electron chi connectivity index (χ2n) is 7.72. The van der Waals surface area contributed by atoms with E-state index in [-0.39, 0.29) is 31.2 Å². The van der Waals surface area contributed by atoms with Crippen LogP contribution in [0.5, 0.6) is 5.75 Å². The summed E-state index contributed by atoms with van der Waals surface area (Å²) in [6, 6.07) is 11.7. The van der Waals surface area contributed by atoms with Crippen LogP contribution in [-0.2, 0) is 17.5 Å². The molecule has 0 spiro atoms. The van der Waals surface area contributed by atoms with E-state index in [1.807, 2.05) is 43.3 Å². The molecule has 33 heavy (non-hydrogen) atoms. The molecule has 176 valence electrons. The number of methoxy groups -OCH3 is 2. The van der Waals surface area contributed by atoms with E-state index in [0.29, 0.717) is 11.6 Å². The van der Waals surface area contributed by atoms with Crippen molar-refractivity contribution in [3.05, 3.63) is 65.2 Å². The fourth-order valence-corrected chi connectivity index (χ4v) is 3.45. The highest BCUT2D eigenvalue weighted by atomic mass is 19.4. The van der Waals surface area contributed by atoms with E-state index in [2.05, 4.69) is 0 Å². The molecular weight excluding hydrogens is 435 g/mol. The van der Waals surface area contributed by atoms with Crippen LogP contribution >= 0.6 is 0 Å². The Balaban J connectivity index is 1.96. The first-order valence-corrected chi connectivity index (χ1v) is 10.2. The van der Waals surface area contributed by atoms with Gasteiger partial charge in [0.2, 0.25) is 0 Å². The molecule has 9 heteroatoms. The molecule has 1 amide bonds. The van der Waals surface area contributed by atoms with Gasteiger partial charge in [-0.05, 0) is 42.5 Å². The molecule has 0 saturated heterocycles. The average molecular weight is 461 g/mol. The summed E-state index contributed by atoms with van der Waals surface area (Å²) in [5, 5.41) is 0.880. The van der Waals surface area contributed by atoms with Crippen LogP contribution < -0.4 is 9.64 Å². The Kier molecular flexibility index (Phi) is 7.43. The van der Waals surface area contributed by atoms with E-state index in [1.54, 1.807) is 12.0 Å². The number of nitrogens with zero attached hydrogens (tertiary/aromatic N) is 3. The van der Waals surface area contributed by atoms with Crippen LogP contribution in [0.2, 0.25) is 0 Å². The molecule has 2 aromatic carbocycles. The van der Waals surface area contributed by atoms with Gasteiger partial charge in [-0.2, -0.15) is 13.2 Å². The summed E-state index contributed by atoms with van der Waals surface area (Å²) in [5.41, 5.74) is 0.920. The van der Waals surface area contributed by atoms with Crippen molar-refractivity contribution >= 4 is 22.6 Å². The first kappa shape index (κ1) is 24.3. The highest BCUT2D eigenvalue weighted by molar-refractivity contribution is 5.94. The van der Waals surface area contributed by atoms with Crippen LogP contribution in [0, 0.1) is 0 Å². The molecule has 0 aliphatic heterocycles. The van der Waals surface area contributed by atoms with Crippen molar-refractivity contribution in [2.24, 2.45) is 0 Å². The van der Waals surface area contributed by atoms with E-state index in [9.17, 15) is 18.0 Å². The van der Waals surface area contributed by atoms with Crippen LogP contribution in [0.1, 0.15) is 21.5 Å². The molecule has 3 rings (SSSR count). The first-order valence-electron chi connectivity index (χ1n) is 10.2. The fourth-order valence-electron chi connectivity index (χ4n) is 3.45.